The van der Waals surface area contributed by atoms with Crippen molar-refractivity contribution >= 4 is 23.7 Å². The van der Waals surface area contributed by atoms with Crippen LogP contribution in [0, 0.1) is 12.7 Å². The molecule has 0 saturated heterocycles. The Hall–Kier alpha value is -3.43. The van der Waals surface area contributed by atoms with Gasteiger partial charge in [0.1, 0.15) is 11.4 Å². The third-order valence-electron chi connectivity index (χ3n) is 5.01. The average Bonchev–Trinajstić information content (AvgIpc) is 3.13. The lowest BCUT2D eigenvalue weighted by Crippen LogP contribution is -2.29. The summed E-state index contributed by atoms with van der Waals surface area (Å²) in [4.78, 5) is 36.1. The molecule has 0 radical (unpaired) electrons. The van der Waals surface area contributed by atoms with Gasteiger partial charge in [-0.2, -0.15) is 5.10 Å². The molecule has 2 aromatic rings. The fourth-order valence-corrected chi connectivity index (χ4v) is 3.42. The van der Waals surface area contributed by atoms with Gasteiger partial charge in [-0.05, 0) is 38.3 Å². The van der Waals surface area contributed by atoms with Crippen LogP contribution in [-0.4, -0.2) is 42.0 Å². The number of urea groups is 1. The zero-order valence-corrected chi connectivity index (χ0v) is 17.0. The van der Waals surface area contributed by atoms with Crippen LogP contribution in [0.3, 0.4) is 0 Å². The Morgan fingerprint density at radius 3 is 2.60 bits per heavy atom. The van der Waals surface area contributed by atoms with E-state index in [1.165, 1.54) is 26.2 Å². The maximum Gasteiger partial charge on any atom is 0.341 e. The van der Waals surface area contributed by atoms with Gasteiger partial charge in [0.15, 0.2) is 0 Å². The van der Waals surface area contributed by atoms with E-state index in [0.29, 0.717) is 24.2 Å². The number of halogens is 1. The molecular formula is C20H23FN4O5. The SMILES string of the molecule is COC(=O)c1ccc(NC(=O)NCc2nn3c(c2C(=O)OC)CCCC3)c(C)c1F. The number of anilines is 1. The number of carbonyl (C=O) groups is 3. The summed E-state index contributed by atoms with van der Waals surface area (Å²) in [6, 6.07) is 2.05. The van der Waals surface area contributed by atoms with Crippen molar-refractivity contribution in [1.82, 2.24) is 15.1 Å². The van der Waals surface area contributed by atoms with Crippen molar-refractivity contribution in [3.63, 3.8) is 0 Å². The minimum absolute atomic E-state index is 0.00194. The third kappa shape index (κ3) is 4.12. The van der Waals surface area contributed by atoms with E-state index >= 15 is 0 Å². The second-order valence-corrected chi connectivity index (χ2v) is 6.84. The zero-order chi connectivity index (χ0) is 21.8. The second kappa shape index (κ2) is 8.93. The number of ether oxygens (including phenoxy) is 2. The zero-order valence-electron chi connectivity index (χ0n) is 17.0. The minimum atomic E-state index is -0.800. The van der Waals surface area contributed by atoms with Crippen molar-refractivity contribution in [2.24, 2.45) is 0 Å². The molecule has 0 spiro atoms. The molecule has 2 amide bonds. The van der Waals surface area contributed by atoms with Crippen molar-refractivity contribution in [3.05, 3.63) is 46.0 Å². The fourth-order valence-electron chi connectivity index (χ4n) is 3.42. The molecule has 2 heterocycles. The highest BCUT2D eigenvalue weighted by atomic mass is 19.1. The van der Waals surface area contributed by atoms with Crippen LogP contribution in [0.25, 0.3) is 0 Å². The van der Waals surface area contributed by atoms with Gasteiger partial charge in [0.25, 0.3) is 0 Å². The summed E-state index contributed by atoms with van der Waals surface area (Å²) < 4.78 is 25.6. The summed E-state index contributed by atoms with van der Waals surface area (Å²) in [6.45, 7) is 2.14. The first-order valence-corrected chi connectivity index (χ1v) is 9.46. The predicted molar refractivity (Wildman–Crippen MR) is 105 cm³/mol. The number of aromatic nitrogens is 2. The third-order valence-corrected chi connectivity index (χ3v) is 5.01. The number of hydrogen-bond acceptors (Lipinski definition) is 6. The van der Waals surface area contributed by atoms with E-state index in [4.69, 9.17) is 4.74 Å². The molecule has 0 unspecified atom stereocenters. The van der Waals surface area contributed by atoms with Crippen LogP contribution in [0.4, 0.5) is 14.9 Å². The van der Waals surface area contributed by atoms with Crippen molar-refractivity contribution in [1.29, 1.82) is 0 Å². The number of rotatable bonds is 5. The summed E-state index contributed by atoms with van der Waals surface area (Å²) in [5, 5.41) is 9.59. The first kappa shape index (κ1) is 21.3. The monoisotopic (exact) mass is 418 g/mol. The maximum atomic E-state index is 14.4. The smallest absolute Gasteiger partial charge is 0.341 e. The number of fused-ring (bicyclic) bond motifs is 1. The summed E-state index contributed by atoms with van der Waals surface area (Å²) in [6.07, 6.45) is 2.64. The molecular weight excluding hydrogens is 395 g/mol. The Balaban J connectivity index is 1.73. The number of nitrogens with one attached hydrogen (secondary N) is 2. The molecule has 0 aliphatic carbocycles. The van der Waals surface area contributed by atoms with Crippen LogP contribution >= 0.6 is 0 Å². The Morgan fingerprint density at radius 1 is 1.17 bits per heavy atom. The molecule has 10 heteroatoms. The lowest BCUT2D eigenvalue weighted by molar-refractivity contribution is 0.0587. The summed E-state index contributed by atoms with van der Waals surface area (Å²) >= 11 is 0. The maximum absolute atomic E-state index is 14.4. The molecule has 0 bridgehead atoms. The van der Waals surface area contributed by atoms with Crippen molar-refractivity contribution in [2.45, 2.75) is 39.3 Å². The van der Waals surface area contributed by atoms with Crippen LogP contribution in [-0.2, 0) is 29.0 Å². The Kier molecular flexibility index (Phi) is 6.34. The van der Waals surface area contributed by atoms with Gasteiger partial charge in [0, 0.05) is 17.8 Å². The molecule has 2 N–H and O–H groups in total. The largest absolute Gasteiger partial charge is 0.465 e. The molecule has 160 valence electrons. The van der Waals surface area contributed by atoms with Crippen LogP contribution < -0.4 is 10.6 Å². The predicted octanol–water partition coefficient (Wildman–Crippen LogP) is 2.56. The number of amides is 2. The average molecular weight is 418 g/mol. The lowest BCUT2D eigenvalue weighted by atomic mass is 10.0. The van der Waals surface area contributed by atoms with Crippen LogP contribution in [0.5, 0.6) is 0 Å². The van der Waals surface area contributed by atoms with E-state index in [1.54, 1.807) is 4.68 Å². The van der Waals surface area contributed by atoms with Gasteiger partial charge in [-0.1, -0.05) is 0 Å². The van der Waals surface area contributed by atoms with Gasteiger partial charge in [-0.3, -0.25) is 4.68 Å². The topological polar surface area (TPSA) is 112 Å². The number of aryl methyl sites for hydroxylation is 1. The van der Waals surface area contributed by atoms with Crippen LogP contribution in [0.1, 0.15) is 50.5 Å². The molecule has 1 aromatic heterocycles. The van der Waals surface area contributed by atoms with Gasteiger partial charge in [0.2, 0.25) is 0 Å². The summed E-state index contributed by atoms with van der Waals surface area (Å²) in [7, 11) is 2.46. The standard InChI is InChI=1S/C20H23FN4O5/c1-11-13(8-7-12(17(11)21)18(26)29-2)23-20(28)22-10-14-16(19(27)30-3)15-6-4-5-9-25(15)24-14/h7-8H,4-6,9-10H2,1-3H3,(H2,22,23,28). The van der Waals surface area contributed by atoms with E-state index in [9.17, 15) is 18.8 Å². The Morgan fingerprint density at radius 2 is 1.90 bits per heavy atom. The number of carbonyl (C=O) groups excluding carboxylic acids is 3. The van der Waals surface area contributed by atoms with Gasteiger partial charge >= 0.3 is 18.0 Å². The van der Waals surface area contributed by atoms with Gasteiger partial charge < -0.3 is 20.1 Å². The van der Waals surface area contributed by atoms with Crippen molar-refractivity contribution in [3.8, 4) is 0 Å². The van der Waals surface area contributed by atoms with E-state index in [0.717, 1.165) is 25.6 Å². The molecule has 0 atom stereocenters. The highest BCUT2D eigenvalue weighted by Gasteiger charge is 2.26. The molecule has 0 fully saturated rings. The summed E-state index contributed by atoms with van der Waals surface area (Å²) in [5.41, 5.74) is 1.68. The quantitative estimate of drug-likeness (QED) is 0.722. The lowest BCUT2D eigenvalue weighted by Gasteiger charge is -2.13. The number of nitrogens with zero attached hydrogens (tertiary/aromatic N) is 2. The molecule has 9 nitrogen and oxygen atoms in total. The number of benzene rings is 1. The number of esters is 2. The molecule has 3 rings (SSSR count). The first-order chi connectivity index (χ1) is 14.4. The Bertz CT molecular complexity index is 1000. The molecule has 1 aromatic carbocycles. The number of hydrogen-bond donors (Lipinski definition) is 2. The Labute approximate surface area is 172 Å². The highest BCUT2D eigenvalue weighted by Crippen LogP contribution is 2.24. The molecule has 1 aliphatic heterocycles. The molecule has 0 saturated carbocycles. The summed E-state index contributed by atoms with van der Waals surface area (Å²) in [5.74, 6) is -2.06. The van der Waals surface area contributed by atoms with E-state index in [2.05, 4.69) is 20.5 Å². The van der Waals surface area contributed by atoms with Crippen LogP contribution in [0.2, 0.25) is 0 Å². The van der Waals surface area contributed by atoms with Gasteiger partial charge in [0.05, 0.1) is 37.7 Å². The van der Waals surface area contributed by atoms with Gasteiger partial charge in [-0.15, -0.1) is 0 Å². The van der Waals surface area contributed by atoms with E-state index < -0.39 is 23.8 Å². The van der Waals surface area contributed by atoms with E-state index in [-0.39, 0.29) is 23.4 Å². The fraction of sp³-hybridized carbons (Fsp3) is 0.400. The molecule has 30 heavy (non-hydrogen) atoms. The van der Waals surface area contributed by atoms with Crippen molar-refractivity contribution in [2.75, 3.05) is 19.5 Å². The normalized spacial score (nSPS) is 12.7. The molecule has 1 aliphatic rings. The van der Waals surface area contributed by atoms with Crippen molar-refractivity contribution < 1.29 is 28.2 Å². The van der Waals surface area contributed by atoms with Crippen LogP contribution in [0.15, 0.2) is 12.1 Å². The second-order valence-electron chi connectivity index (χ2n) is 6.84. The van der Waals surface area contributed by atoms with Gasteiger partial charge in [-0.25, -0.2) is 18.8 Å². The first-order valence-electron chi connectivity index (χ1n) is 9.46. The number of methoxy groups -OCH3 is 2. The van der Waals surface area contributed by atoms with E-state index in [1.807, 2.05) is 0 Å². The highest BCUT2D eigenvalue weighted by molar-refractivity contribution is 5.94. The minimum Gasteiger partial charge on any atom is -0.465 e.